The van der Waals surface area contributed by atoms with E-state index in [1.807, 2.05) is 13.8 Å². The molecule has 1 aromatic carbocycles. The molecule has 1 aliphatic rings. The van der Waals surface area contributed by atoms with Gasteiger partial charge in [0.2, 0.25) is 5.91 Å². The van der Waals surface area contributed by atoms with E-state index in [9.17, 15) is 14.4 Å². The summed E-state index contributed by atoms with van der Waals surface area (Å²) in [5, 5.41) is 0. The molecule has 6 nitrogen and oxygen atoms in total. The van der Waals surface area contributed by atoms with Crippen molar-refractivity contribution in [2.75, 3.05) is 13.6 Å². The number of carbonyl (C=O) groups is 3. The van der Waals surface area contributed by atoms with E-state index in [1.54, 1.807) is 48.5 Å². The first-order chi connectivity index (χ1) is 11.9. The van der Waals surface area contributed by atoms with Crippen LogP contribution in [0.15, 0.2) is 41.0 Å². The highest BCUT2D eigenvalue weighted by Crippen LogP contribution is 2.25. The molecule has 0 spiro atoms. The Kier molecular flexibility index (Phi) is 4.44. The van der Waals surface area contributed by atoms with Gasteiger partial charge in [-0.15, -0.1) is 0 Å². The predicted molar refractivity (Wildman–Crippen MR) is 91.1 cm³/mol. The quantitative estimate of drug-likeness (QED) is 0.785. The first-order valence-electron chi connectivity index (χ1n) is 8.16. The summed E-state index contributed by atoms with van der Waals surface area (Å²) in [7, 11) is 1.68. The number of imide groups is 1. The van der Waals surface area contributed by atoms with Crippen LogP contribution >= 0.6 is 0 Å². The van der Waals surface area contributed by atoms with E-state index in [1.165, 1.54) is 0 Å². The van der Waals surface area contributed by atoms with Crippen molar-refractivity contribution < 1.29 is 18.8 Å². The van der Waals surface area contributed by atoms with Gasteiger partial charge >= 0.3 is 0 Å². The second kappa shape index (κ2) is 6.55. The molecule has 25 heavy (non-hydrogen) atoms. The minimum atomic E-state index is -0.338. The second-order valence-electron chi connectivity index (χ2n) is 6.26. The van der Waals surface area contributed by atoms with Crippen molar-refractivity contribution in [3.63, 3.8) is 0 Å². The Morgan fingerprint density at radius 2 is 1.92 bits per heavy atom. The molecule has 3 rings (SSSR count). The van der Waals surface area contributed by atoms with Crippen LogP contribution in [0.25, 0.3) is 0 Å². The molecule has 1 unspecified atom stereocenters. The standard InChI is InChI=1S/C19H20N2O4/c1-12-6-7-14-15(11-12)19(24)21(18(14)23)9-8-17(22)20(3)13(2)16-5-4-10-25-16/h4-7,10-11,13H,8-9H2,1-3H3. The number of rotatable bonds is 5. The zero-order chi connectivity index (χ0) is 18.1. The lowest BCUT2D eigenvalue weighted by atomic mass is 10.1. The van der Waals surface area contributed by atoms with E-state index >= 15 is 0 Å². The smallest absolute Gasteiger partial charge is 0.261 e. The molecule has 0 N–H and O–H groups in total. The summed E-state index contributed by atoms with van der Waals surface area (Å²) in [5.74, 6) is -0.142. The van der Waals surface area contributed by atoms with Crippen LogP contribution in [0.3, 0.4) is 0 Å². The first kappa shape index (κ1) is 17.0. The second-order valence-corrected chi connectivity index (χ2v) is 6.26. The van der Waals surface area contributed by atoms with Gasteiger partial charge in [0, 0.05) is 20.0 Å². The molecular weight excluding hydrogens is 320 g/mol. The van der Waals surface area contributed by atoms with Crippen LogP contribution < -0.4 is 0 Å². The molecule has 3 amide bonds. The SMILES string of the molecule is Cc1ccc2c(c1)C(=O)N(CCC(=O)N(C)C(C)c1ccco1)C2=O. The van der Waals surface area contributed by atoms with Crippen LogP contribution in [0.2, 0.25) is 0 Å². The normalized spacial score (nSPS) is 14.6. The lowest BCUT2D eigenvalue weighted by Crippen LogP contribution is -2.36. The van der Waals surface area contributed by atoms with Gasteiger partial charge in [-0.05, 0) is 38.1 Å². The zero-order valence-corrected chi connectivity index (χ0v) is 14.5. The Hall–Kier alpha value is -2.89. The molecule has 2 aromatic rings. The van der Waals surface area contributed by atoms with Crippen molar-refractivity contribution in [3.8, 4) is 0 Å². The molecule has 2 heterocycles. The van der Waals surface area contributed by atoms with Crippen LogP contribution in [0.1, 0.15) is 51.4 Å². The third-order valence-corrected chi connectivity index (χ3v) is 4.60. The van der Waals surface area contributed by atoms with Crippen LogP contribution in [-0.2, 0) is 4.79 Å². The zero-order valence-electron chi connectivity index (χ0n) is 14.5. The van der Waals surface area contributed by atoms with Crippen molar-refractivity contribution in [1.82, 2.24) is 9.80 Å². The highest BCUT2D eigenvalue weighted by molar-refractivity contribution is 6.21. The van der Waals surface area contributed by atoms with E-state index in [4.69, 9.17) is 4.42 Å². The fraction of sp³-hybridized carbons (Fsp3) is 0.316. The van der Waals surface area contributed by atoms with Crippen molar-refractivity contribution in [1.29, 1.82) is 0 Å². The minimum Gasteiger partial charge on any atom is -0.467 e. The number of hydrogen-bond acceptors (Lipinski definition) is 4. The van der Waals surface area contributed by atoms with Gasteiger partial charge in [0.15, 0.2) is 0 Å². The van der Waals surface area contributed by atoms with E-state index in [0.29, 0.717) is 16.9 Å². The fourth-order valence-electron chi connectivity index (χ4n) is 2.93. The van der Waals surface area contributed by atoms with E-state index in [-0.39, 0.29) is 36.7 Å². The van der Waals surface area contributed by atoms with E-state index in [2.05, 4.69) is 0 Å². The molecule has 0 fully saturated rings. The number of nitrogens with zero attached hydrogens (tertiary/aromatic N) is 2. The van der Waals surface area contributed by atoms with Crippen LogP contribution in [-0.4, -0.2) is 41.1 Å². The molecule has 130 valence electrons. The number of fused-ring (bicyclic) bond motifs is 1. The number of benzene rings is 1. The van der Waals surface area contributed by atoms with Gasteiger partial charge in [0.05, 0.1) is 23.4 Å². The van der Waals surface area contributed by atoms with Gasteiger partial charge in [-0.1, -0.05) is 11.6 Å². The molecule has 1 atom stereocenters. The van der Waals surface area contributed by atoms with Gasteiger partial charge < -0.3 is 9.32 Å². The number of aryl methyl sites for hydroxylation is 1. The summed E-state index contributed by atoms with van der Waals surface area (Å²) in [6.45, 7) is 3.80. The average Bonchev–Trinajstić information content (AvgIpc) is 3.20. The van der Waals surface area contributed by atoms with Crippen molar-refractivity contribution >= 4 is 17.7 Å². The van der Waals surface area contributed by atoms with E-state index < -0.39 is 0 Å². The summed E-state index contributed by atoms with van der Waals surface area (Å²) in [6.07, 6.45) is 1.64. The fourth-order valence-corrected chi connectivity index (χ4v) is 2.93. The highest BCUT2D eigenvalue weighted by Gasteiger charge is 2.35. The van der Waals surface area contributed by atoms with Crippen LogP contribution in [0.4, 0.5) is 0 Å². The molecule has 1 aromatic heterocycles. The maximum absolute atomic E-state index is 12.4. The monoisotopic (exact) mass is 340 g/mol. The molecule has 0 bridgehead atoms. The Morgan fingerprint density at radius 1 is 1.20 bits per heavy atom. The lowest BCUT2D eigenvalue weighted by Gasteiger charge is -2.24. The number of hydrogen-bond donors (Lipinski definition) is 0. The number of amides is 3. The molecule has 6 heteroatoms. The molecule has 0 aliphatic carbocycles. The molecule has 1 aliphatic heterocycles. The van der Waals surface area contributed by atoms with Gasteiger partial charge in [-0.2, -0.15) is 0 Å². The van der Waals surface area contributed by atoms with Crippen molar-refractivity contribution in [2.45, 2.75) is 26.3 Å². The summed E-state index contributed by atoms with van der Waals surface area (Å²) in [6, 6.07) is 8.54. The predicted octanol–water partition coefficient (Wildman–Crippen LogP) is 2.79. The number of furan rings is 1. The van der Waals surface area contributed by atoms with Crippen LogP contribution in [0, 0.1) is 6.92 Å². The summed E-state index contributed by atoms with van der Waals surface area (Å²) >= 11 is 0. The third kappa shape index (κ3) is 3.07. The summed E-state index contributed by atoms with van der Waals surface area (Å²) < 4.78 is 5.32. The Bertz CT molecular complexity index is 826. The maximum Gasteiger partial charge on any atom is 0.261 e. The molecule has 0 saturated heterocycles. The van der Waals surface area contributed by atoms with Crippen LogP contribution in [0.5, 0.6) is 0 Å². The topological polar surface area (TPSA) is 70.8 Å². The third-order valence-electron chi connectivity index (χ3n) is 4.60. The Morgan fingerprint density at radius 3 is 2.60 bits per heavy atom. The largest absolute Gasteiger partial charge is 0.467 e. The number of carbonyl (C=O) groups excluding carboxylic acids is 3. The highest BCUT2D eigenvalue weighted by atomic mass is 16.3. The first-order valence-corrected chi connectivity index (χ1v) is 8.16. The van der Waals surface area contributed by atoms with Gasteiger partial charge in [0.25, 0.3) is 11.8 Å². The molecule has 0 saturated carbocycles. The minimum absolute atomic E-state index is 0.0689. The van der Waals surface area contributed by atoms with Gasteiger partial charge in [0.1, 0.15) is 5.76 Å². The average molecular weight is 340 g/mol. The van der Waals surface area contributed by atoms with Gasteiger partial charge in [-0.25, -0.2) is 0 Å². The van der Waals surface area contributed by atoms with E-state index in [0.717, 1.165) is 10.5 Å². The van der Waals surface area contributed by atoms with Gasteiger partial charge in [-0.3, -0.25) is 19.3 Å². The molecule has 0 radical (unpaired) electrons. The summed E-state index contributed by atoms with van der Waals surface area (Å²) in [5.41, 5.74) is 1.74. The van der Waals surface area contributed by atoms with Crippen molar-refractivity contribution in [2.24, 2.45) is 0 Å². The molecular formula is C19H20N2O4. The summed E-state index contributed by atoms with van der Waals surface area (Å²) in [4.78, 5) is 39.9. The maximum atomic E-state index is 12.4. The Labute approximate surface area is 146 Å². The van der Waals surface area contributed by atoms with Crippen molar-refractivity contribution in [3.05, 3.63) is 59.0 Å². The lowest BCUT2D eigenvalue weighted by molar-refractivity contribution is -0.132. The Balaban J connectivity index is 1.65.